The number of anilines is 1. The molecule has 108 valence electrons. The molecule has 0 unspecified atom stereocenters. The second-order valence-electron chi connectivity index (χ2n) is 4.30. The van der Waals surface area contributed by atoms with E-state index < -0.39 is 16.9 Å². The highest BCUT2D eigenvalue weighted by molar-refractivity contribution is 9.10. The number of halogens is 1. The van der Waals surface area contributed by atoms with E-state index in [1.54, 1.807) is 24.3 Å². The van der Waals surface area contributed by atoms with Crippen molar-refractivity contribution in [3.05, 3.63) is 68.7 Å². The molecular formula is C14H12BrN3O3. The summed E-state index contributed by atoms with van der Waals surface area (Å²) in [6.45, 7) is 0. The third kappa shape index (κ3) is 3.65. The first-order chi connectivity index (χ1) is 9.99. The molecule has 0 aliphatic heterocycles. The topological polar surface area (TPSA) is 98.3 Å². The average molecular weight is 350 g/mol. The van der Waals surface area contributed by atoms with Crippen molar-refractivity contribution in [2.45, 2.75) is 6.04 Å². The van der Waals surface area contributed by atoms with Gasteiger partial charge in [-0.05, 0) is 27.6 Å². The Morgan fingerprint density at radius 3 is 2.52 bits per heavy atom. The SMILES string of the molecule is N[C@@H](C(=O)Nc1cc([N+](=O)[O-])ccc1Br)c1ccccc1. The minimum absolute atomic E-state index is 0.109. The summed E-state index contributed by atoms with van der Waals surface area (Å²) in [5, 5.41) is 13.3. The van der Waals surface area contributed by atoms with Gasteiger partial charge in [-0.1, -0.05) is 30.3 Å². The number of amides is 1. The number of nitro groups is 1. The number of nitrogens with two attached hydrogens (primary N) is 1. The maximum atomic E-state index is 12.1. The quantitative estimate of drug-likeness (QED) is 0.654. The second-order valence-corrected chi connectivity index (χ2v) is 5.15. The first kappa shape index (κ1) is 15.1. The van der Waals surface area contributed by atoms with E-state index >= 15 is 0 Å². The zero-order valence-corrected chi connectivity index (χ0v) is 12.4. The molecule has 0 heterocycles. The molecule has 2 aromatic rings. The van der Waals surface area contributed by atoms with Gasteiger partial charge in [0.05, 0.1) is 10.6 Å². The van der Waals surface area contributed by atoms with Crippen LogP contribution in [0.1, 0.15) is 11.6 Å². The van der Waals surface area contributed by atoms with Gasteiger partial charge >= 0.3 is 0 Å². The third-order valence-corrected chi connectivity index (χ3v) is 3.55. The fourth-order valence-corrected chi connectivity index (χ4v) is 2.09. The highest BCUT2D eigenvalue weighted by Crippen LogP contribution is 2.27. The lowest BCUT2D eigenvalue weighted by Gasteiger charge is -2.13. The first-order valence-electron chi connectivity index (χ1n) is 6.04. The molecule has 3 N–H and O–H groups in total. The molecule has 0 radical (unpaired) electrons. The molecular weight excluding hydrogens is 338 g/mol. The Balaban J connectivity index is 2.20. The van der Waals surface area contributed by atoms with Gasteiger partial charge in [-0.15, -0.1) is 0 Å². The molecule has 21 heavy (non-hydrogen) atoms. The lowest BCUT2D eigenvalue weighted by atomic mass is 10.1. The summed E-state index contributed by atoms with van der Waals surface area (Å²) < 4.78 is 0.543. The normalized spacial score (nSPS) is 11.7. The van der Waals surface area contributed by atoms with Gasteiger partial charge in [-0.25, -0.2) is 0 Å². The zero-order chi connectivity index (χ0) is 15.4. The number of rotatable bonds is 4. The molecule has 2 rings (SSSR count). The zero-order valence-electron chi connectivity index (χ0n) is 10.8. The number of carbonyl (C=O) groups is 1. The molecule has 0 spiro atoms. The molecule has 2 aromatic carbocycles. The molecule has 7 heteroatoms. The summed E-state index contributed by atoms with van der Waals surface area (Å²) in [4.78, 5) is 22.3. The van der Waals surface area contributed by atoms with Gasteiger partial charge in [-0.3, -0.25) is 14.9 Å². The van der Waals surface area contributed by atoms with Crippen molar-refractivity contribution in [3.8, 4) is 0 Å². The largest absolute Gasteiger partial charge is 0.323 e. The second kappa shape index (κ2) is 6.47. The van der Waals surface area contributed by atoms with Crippen molar-refractivity contribution in [1.82, 2.24) is 0 Å². The van der Waals surface area contributed by atoms with E-state index in [1.165, 1.54) is 18.2 Å². The highest BCUT2D eigenvalue weighted by Gasteiger charge is 2.18. The van der Waals surface area contributed by atoms with Crippen molar-refractivity contribution in [2.24, 2.45) is 5.73 Å². The molecule has 6 nitrogen and oxygen atoms in total. The van der Waals surface area contributed by atoms with Crippen LogP contribution in [-0.4, -0.2) is 10.8 Å². The van der Waals surface area contributed by atoms with Crippen molar-refractivity contribution in [2.75, 3.05) is 5.32 Å². The van der Waals surface area contributed by atoms with E-state index in [2.05, 4.69) is 21.2 Å². The monoisotopic (exact) mass is 349 g/mol. The van der Waals surface area contributed by atoms with E-state index in [0.717, 1.165) is 0 Å². The van der Waals surface area contributed by atoms with E-state index in [9.17, 15) is 14.9 Å². The lowest BCUT2D eigenvalue weighted by Crippen LogP contribution is -2.27. The smallest absolute Gasteiger partial charge is 0.271 e. The third-order valence-electron chi connectivity index (χ3n) is 2.86. The molecule has 0 aliphatic rings. The predicted molar refractivity (Wildman–Crippen MR) is 82.8 cm³/mol. The highest BCUT2D eigenvalue weighted by atomic mass is 79.9. The summed E-state index contributed by atoms with van der Waals surface area (Å²) in [6.07, 6.45) is 0. The summed E-state index contributed by atoms with van der Waals surface area (Å²) in [6, 6.07) is 12.2. The van der Waals surface area contributed by atoms with Crippen molar-refractivity contribution in [1.29, 1.82) is 0 Å². The summed E-state index contributed by atoms with van der Waals surface area (Å²) in [5.41, 5.74) is 6.73. The van der Waals surface area contributed by atoms with Gasteiger partial charge < -0.3 is 11.1 Å². The van der Waals surface area contributed by atoms with Crippen LogP contribution in [0, 0.1) is 10.1 Å². The Bertz CT molecular complexity index is 676. The van der Waals surface area contributed by atoms with Crippen LogP contribution < -0.4 is 11.1 Å². The Kier molecular flexibility index (Phi) is 4.66. The molecule has 0 fully saturated rings. The maximum absolute atomic E-state index is 12.1. The van der Waals surface area contributed by atoms with Gasteiger partial charge in [0.25, 0.3) is 5.69 Å². The predicted octanol–water partition coefficient (Wildman–Crippen LogP) is 3.00. The van der Waals surface area contributed by atoms with Crippen LogP contribution in [0.5, 0.6) is 0 Å². The van der Waals surface area contributed by atoms with Crippen molar-refractivity contribution in [3.63, 3.8) is 0 Å². The molecule has 0 saturated heterocycles. The van der Waals surface area contributed by atoms with Gasteiger partial charge in [0, 0.05) is 16.6 Å². The number of nitrogens with one attached hydrogen (secondary N) is 1. The molecule has 0 saturated carbocycles. The summed E-state index contributed by atoms with van der Waals surface area (Å²) in [7, 11) is 0. The van der Waals surface area contributed by atoms with Crippen LogP contribution in [0.25, 0.3) is 0 Å². The van der Waals surface area contributed by atoms with Crippen molar-refractivity contribution < 1.29 is 9.72 Å². The van der Waals surface area contributed by atoms with Crippen LogP contribution in [0.3, 0.4) is 0 Å². The minimum Gasteiger partial charge on any atom is -0.323 e. The fourth-order valence-electron chi connectivity index (χ4n) is 1.74. The number of carbonyl (C=O) groups excluding carboxylic acids is 1. The fraction of sp³-hybridized carbons (Fsp3) is 0.0714. The molecule has 0 aliphatic carbocycles. The Morgan fingerprint density at radius 1 is 1.24 bits per heavy atom. The number of nitro benzene ring substituents is 1. The van der Waals surface area contributed by atoms with Crippen LogP contribution in [0.2, 0.25) is 0 Å². The Labute approximate surface area is 129 Å². The van der Waals surface area contributed by atoms with Crippen molar-refractivity contribution >= 4 is 33.2 Å². The Morgan fingerprint density at radius 2 is 1.90 bits per heavy atom. The number of benzene rings is 2. The standard InChI is InChI=1S/C14H12BrN3O3/c15-11-7-6-10(18(20)21)8-12(11)17-14(19)13(16)9-4-2-1-3-5-9/h1-8,13H,16H2,(H,17,19)/t13-/m1/s1. The van der Waals surface area contributed by atoms with Crippen LogP contribution in [0.15, 0.2) is 53.0 Å². The molecule has 1 atom stereocenters. The number of hydrogen-bond acceptors (Lipinski definition) is 4. The first-order valence-corrected chi connectivity index (χ1v) is 6.83. The van der Waals surface area contributed by atoms with E-state index in [1.807, 2.05) is 6.07 Å². The van der Waals surface area contributed by atoms with Gasteiger partial charge in [0.15, 0.2) is 0 Å². The van der Waals surface area contributed by atoms with E-state index in [-0.39, 0.29) is 5.69 Å². The number of nitrogens with zero attached hydrogens (tertiary/aromatic N) is 1. The van der Waals surface area contributed by atoms with Gasteiger partial charge in [-0.2, -0.15) is 0 Å². The molecule has 1 amide bonds. The average Bonchev–Trinajstić information content (AvgIpc) is 2.49. The summed E-state index contributed by atoms with van der Waals surface area (Å²) >= 11 is 3.24. The molecule has 0 bridgehead atoms. The van der Waals surface area contributed by atoms with E-state index in [4.69, 9.17) is 5.73 Å². The minimum atomic E-state index is -0.850. The maximum Gasteiger partial charge on any atom is 0.271 e. The van der Waals surface area contributed by atoms with Gasteiger partial charge in [0.1, 0.15) is 6.04 Å². The lowest BCUT2D eigenvalue weighted by molar-refractivity contribution is -0.384. The number of hydrogen-bond donors (Lipinski definition) is 2. The van der Waals surface area contributed by atoms with Crippen LogP contribution >= 0.6 is 15.9 Å². The van der Waals surface area contributed by atoms with Crippen LogP contribution in [0.4, 0.5) is 11.4 Å². The van der Waals surface area contributed by atoms with E-state index in [0.29, 0.717) is 15.7 Å². The number of non-ortho nitro benzene ring substituents is 1. The Hall–Kier alpha value is -2.25. The summed E-state index contributed by atoms with van der Waals surface area (Å²) in [5.74, 6) is -0.442. The van der Waals surface area contributed by atoms with Gasteiger partial charge in [0.2, 0.25) is 5.91 Å². The van der Waals surface area contributed by atoms with Crippen LogP contribution in [-0.2, 0) is 4.79 Å². The molecule has 0 aromatic heterocycles.